The standard InChI is InChI=1S/C4H7N6P/c1-2-3-5-4(7-6-3)8-9-10-11/h11H,2H2,1H3,(H,5,6,7)/p+1. The van der Waals surface area contributed by atoms with Gasteiger partial charge in [-0.15, -0.1) is 5.10 Å². The van der Waals surface area contributed by atoms with Crippen LogP contribution >= 0.6 is 9.03 Å². The van der Waals surface area contributed by atoms with Crippen LogP contribution in [0.3, 0.4) is 0 Å². The van der Waals surface area contributed by atoms with Crippen molar-refractivity contribution in [1.29, 1.82) is 0 Å². The fourth-order valence-electron chi connectivity index (χ4n) is 0.554. The summed E-state index contributed by atoms with van der Waals surface area (Å²) < 4.78 is 0. The molecule has 1 aromatic rings. The molecular weight excluding hydrogens is 163 g/mol. The summed E-state index contributed by atoms with van der Waals surface area (Å²) in [6, 6.07) is 0. The van der Waals surface area contributed by atoms with Gasteiger partial charge in [-0.25, -0.2) is 0 Å². The number of hydrogen-bond acceptors (Lipinski definition) is 3. The Kier molecular flexibility index (Phi) is 2.80. The molecule has 0 radical (unpaired) electrons. The zero-order valence-corrected chi connectivity index (χ0v) is 7.18. The summed E-state index contributed by atoms with van der Waals surface area (Å²) in [6.07, 6.45) is 0.806. The minimum Gasteiger partial charge on any atom is -0.261 e. The quantitative estimate of drug-likeness (QED) is 0.424. The first-order chi connectivity index (χ1) is 5.36. The van der Waals surface area contributed by atoms with Crippen LogP contribution in [0.4, 0.5) is 5.95 Å². The molecule has 0 amide bonds. The molecule has 0 fully saturated rings. The highest BCUT2D eigenvalue weighted by molar-refractivity contribution is 7.03. The molecule has 0 aliphatic carbocycles. The molecule has 0 saturated heterocycles. The third kappa shape index (κ3) is 2.16. The van der Waals surface area contributed by atoms with Crippen LogP contribution < -0.4 is 0 Å². The number of aromatic amines is 1. The Bertz CT molecular complexity index is 265. The molecule has 0 aliphatic rings. The Hall–Kier alpha value is -1.16. The number of hydrogen-bond donors (Lipinski definition) is 1. The van der Waals surface area contributed by atoms with Crippen molar-refractivity contribution in [3.05, 3.63) is 5.82 Å². The number of nitrogens with one attached hydrogen (secondary N) is 1. The third-order valence-corrected chi connectivity index (χ3v) is 1.14. The van der Waals surface area contributed by atoms with Gasteiger partial charge in [0.1, 0.15) is 5.82 Å². The van der Waals surface area contributed by atoms with Crippen LogP contribution in [-0.2, 0) is 6.42 Å². The van der Waals surface area contributed by atoms with Crippen molar-refractivity contribution < 1.29 is 0 Å². The van der Waals surface area contributed by atoms with Crippen molar-refractivity contribution in [3.63, 3.8) is 0 Å². The predicted molar refractivity (Wildman–Crippen MR) is 42.4 cm³/mol. The van der Waals surface area contributed by atoms with Crippen LogP contribution in [0.2, 0.25) is 0 Å². The molecule has 6 nitrogen and oxygen atoms in total. The van der Waals surface area contributed by atoms with E-state index < -0.39 is 0 Å². The molecule has 11 heavy (non-hydrogen) atoms. The van der Waals surface area contributed by atoms with Crippen LogP contribution in [0.15, 0.2) is 15.2 Å². The fraction of sp³-hybridized carbons (Fsp3) is 0.500. The van der Waals surface area contributed by atoms with Gasteiger partial charge in [-0.3, -0.25) is 5.10 Å². The lowest BCUT2D eigenvalue weighted by atomic mass is 10.5. The van der Waals surface area contributed by atoms with Gasteiger partial charge in [0.2, 0.25) is 9.03 Å². The van der Waals surface area contributed by atoms with Gasteiger partial charge < -0.3 is 0 Å². The van der Waals surface area contributed by atoms with Gasteiger partial charge in [-0.05, 0) is 5.22 Å². The predicted octanol–water partition coefficient (Wildman–Crippen LogP) is 1.42. The molecule has 1 atom stereocenters. The summed E-state index contributed by atoms with van der Waals surface area (Å²) in [7, 11) is 2.07. The van der Waals surface area contributed by atoms with Crippen LogP contribution in [-0.4, -0.2) is 15.2 Å². The molecule has 0 spiro atoms. The molecule has 1 heterocycles. The lowest BCUT2D eigenvalue weighted by molar-refractivity contribution is 0.945. The van der Waals surface area contributed by atoms with Crippen molar-refractivity contribution in [1.82, 2.24) is 15.2 Å². The number of nitrogens with zero attached hydrogens (tertiary/aromatic N) is 5. The lowest BCUT2D eigenvalue weighted by Crippen LogP contribution is -1.80. The molecule has 0 bridgehead atoms. The molecule has 1 unspecified atom stereocenters. The number of rotatable bonds is 3. The Labute approximate surface area is 65.4 Å². The summed E-state index contributed by atoms with van der Waals surface area (Å²) in [5, 5.41) is 13.4. The van der Waals surface area contributed by atoms with Crippen LogP contribution in [0.5, 0.6) is 0 Å². The summed E-state index contributed by atoms with van der Waals surface area (Å²) in [5.74, 6) is 1.11. The Balaban J connectivity index is 2.72. The van der Waals surface area contributed by atoms with E-state index in [0.29, 0.717) is 5.95 Å². The minimum absolute atomic E-state index is 0.313. The minimum atomic E-state index is 0.313. The molecule has 1 aromatic heterocycles. The molecule has 1 N–H and O–H groups in total. The van der Waals surface area contributed by atoms with E-state index in [9.17, 15) is 0 Å². The van der Waals surface area contributed by atoms with Crippen LogP contribution in [0.25, 0.3) is 0 Å². The summed E-state index contributed by atoms with van der Waals surface area (Å²) in [5.41, 5.74) is 0. The maximum atomic E-state index is 3.97. The van der Waals surface area contributed by atoms with E-state index in [1.165, 1.54) is 0 Å². The zero-order chi connectivity index (χ0) is 8.10. The molecule has 1 rings (SSSR count). The van der Waals surface area contributed by atoms with E-state index in [2.05, 4.69) is 39.4 Å². The summed E-state index contributed by atoms with van der Waals surface area (Å²) in [6.45, 7) is 1.97. The average Bonchev–Trinajstić information content (AvgIpc) is 2.48. The SMILES string of the molecule is CCc1nc(N=NN=[PH2+])n[nH]1. The van der Waals surface area contributed by atoms with Gasteiger partial charge in [0.25, 0.3) is 5.95 Å². The largest absolute Gasteiger partial charge is 0.289 e. The van der Waals surface area contributed by atoms with Crippen LogP contribution in [0.1, 0.15) is 12.7 Å². The highest BCUT2D eigenvalue weighted by Gasteiger charge is 1.97. The van der Waals surface area contributed by atoms with Crippen molar-refractivity contribution >= 4 is 15.0 Å². The molecule has 0 aliphatic heterocycles. The smallest absolute Gasteiger partial charge is 0.261 e. The maximum absolute atomic E-state index is 3.97. The molecule has 7 heteroatoms. The van der Waals surface area contributed by atoms with E-state index in [1.54, 1.807) is 0 Å². The highest BCUT2D eigenvalue weighted by Crippen LogP contribution is 2.03. The van der Waals surface area contributed by atoms with Gasteiger partial charge in [-0.2, -0.15) is 4.98 Å². The van der Waals surface area contributed by atoms with E-state index >= 15 is 0 Å². The molecule has 0 aromatic carbocycles. The Morgan fingerprint density at radius 1 is 1.64 bits per heavy atom. The topological polar surface area (TPSA) is 78.7 Å². The Morgan fingerprint density at radius 2 is 2.45 bits per heavy atom. The van der Waals surface area contributed by atoms with Crippen molar-refractivity contribution in [2.75, 3.05) is 0 Å². The molecule has 58 valence electrons. The fourth-order valence-corrected chi connectivity index (χ4v) is 0.606. The third-order valence-electron chi connectivity index (χ3n) is 1.04. The summed E-state index contributed by atoms with van der Waals surface area (Å²) >= 11 is 0. The molecule has 0 saturated carbocycles. The Morgan fingerprint density at radius 3 is 3.00 bits per heavy atom. The molecular formula is C4H8N6P+. The second-order valence-corrected chi connectivity index (χ2v) is 1.97. The average molecular weight is 171 g/mol. The van der Waals surface area contributed by atoms with Crippen molar-refractivity contribution in [3.8, 4) is 0 Å². The maximum Gasteiger partial charge on any atom is 0.289 e. The monoisotopic (exact) mass is 171 g/mol. The van der Waals surface area contributed by atoms with Gasteiger partial charge in [0.05, 0.1) is 0 Å². The van der Waals surface area contributed by atoms with Gasteiger partial charge in [0, 0.05) is 11.3 Å². The zero-order valence-electron chi connectivity index (χ0n) is 6.02. The second kappa shape index (κ2) is 3.88. The highest BCUT2D eigenvalue weighted by atomic mass is 31.0. The van der Waals surface area contributed by atoms with Gasteiger partial charge >= 0.3 is 0 Å². The van der Waals surface area contributed by atoms with E-state index in [0.717, 1.165) is 12.2 Å². The normalized spacial score (nSPS) is 10.6. The summed E-state index contributed by atoms with van der Waals surface area (Å²) in [4.78, 5) is 7.32. The van der Waals surface area contributed by atoms with Crippen molar-refractivity contribution in [2.45, 2.75) is 13.3 Å². The number of aryl methyl sites for hydroxylation is 1. The first kappa shape index (κ1) is 7.94. The van der Waals surface area contributed by atoms with Crippen molar-refractivity contribution in [2.24, 2.45) is 15.2 Å². The van der Waals surface area contributed by atoms with E-state index in [4.69, 9.17) is 0 Å². The first-order valence-electron chi connectivity index (χ1n) is 3.09. The second-order valence-electron chi connectivity index (χ2n) is 1.74. The number of H-pyrrole nitrogens is 1. The van der Waals surface area contributed by atoms with Gasteiger partial charge in [0.15, 0.2) is 0 Å². The van der Waals surface area contributed by atoms with Crippen LogP contribution in [0, 0.1) is 0 Å². The number of aromatic nitrogens is 3. The lowest BCUT2D eigenvalue weighted by Gasteiger charge is -1.78. The van der Waals surface area contributed by atoms with Gasteiger partial charge in [-0.1, -0.05) is 12.0 Å². The van der Waals surface area contributed by atoms with E-state index in [-0.39, 0.29) is 0 Å². The van der Waals surface area contributed by atoms with E-state index in [1.807, 2.05) is 6.92 Å². The first-order valence-corrected chi connectivity index (χ1v) is 3.60.